The molecule has 3 rings (SSSR count). The molecule has 0 aliphatic carbocycles. The van der Waals surface area contributed by atoms with Gasteiger partial charge < -0.3 is 19.5 Å². The minimum atomic E-state index is -0.549. The Bertz CT molecular complexity index is 1000. The average Bonchev–Trinajstić information content (AvgIpc) is 3.16. The molecule has 2 aromatic heterocycles. The molecule has 0 radical (unpaired) electrons. The summed E-state index contributed by atoms with van der Waals surface area (Å²) in [7, 11) is 4.38. The van der Waals surface area contributed by atoms with Crippen molar-refractivity contribution in [2.75, 3.05) is 26.6 Å². The molecular formula is C20H18N2O5S. The second kappa shape index (κ2) is 8.53. The number of carbonyl (C=O) groups excluding carboxylic acids is 2. The molecule has 0 bridgehead atoms. The summed E-state index contributed by atoms with van der Waals surface area (Å²) < 4.78 is 15.5. The van der Waals surface area contributed by atoms with E-state index in [0.717, 1.165) is 5.56 Å². The zero-order valence-corrected chi connectivity index (χ0v) is 16.3. The maximum atomic E-state index is 12.5. The molecule has 0 aliphatic heterocycles. The van der Waals surface area contributed by atoms with Gasteiger partial charge >= 0.3 is 5.97 Å². The van der Waals surface area contributed by atoms with E-state index in [1.165, 1.54) is 31.8 Å². The standard InChI is InChI=1S/C20H18N2O5S/c1-25-15-7-6-12(9-16(15)26-2)14-11-28-19(17(14)20(24)27-3)22-18(23)13-5-4-8-21-10-13/h4-11H,1-3H3,(H,22,23). The molecule has 0 atom stereocenters. The first kappa shape index (κ1) is 19.4. The van der Waals surface area contributed by atoms with Crippen molar-refractivity contribution in [3.8, 4) is 22.6 Å². The molecule has 1 amide bonds. The van der Waals surface area contributed by atoms with Gasteiger partial charge in [-0.25, -0.2) is 4.79 Å². The first-order chi connectivity index (χ1) is 13.6. The van der Waals surface area contributed by atoms with Gasteiger partial charge in [0.2, 0.25) is 0 Å². The van der Waals surface area contributed by atoms with Crippen molar-refractivity contribution in [3.63, 3.8) is 0 Å². The summed E-state index contributed by atoms with van der Waals surface area (Å²) in [5.74, 6) is 0.195. The summed E-state index contributed by atoms with van der Waals surface area (Å²) in [5.41, 5.74) is 2.02. The summed E-state index contributed by atoms with van der Waals surface area (Å²) in [4.78, 5) is 28.9. The molecule has 0 aliphatic rings. The van der Waals surface area contributed by atoms with Crippen LogP contribution in [0.4, 0.5) is 5.00 Å². The van der Waals surface area contributed by atoms with Crippen LogP contribution in [0.1, 0.15) is 20.7 Å². The topological polar surface area (TPSA) is 86.8 Å². The Morgan fingerprint density at radius 3 is 2.50 bits per heavy atom. The lowest BCUT2D eigenvalue weighted by Crippen LogP contribution is -2.14. The van der Waals surface area contributed by atoms with Gasteiger partial charge in [-0.05, 0) is 29.8 Å². The quantitative estimate of drug-likeness (QED) is 0.635. The normalized spacial score (nSPS) is 10.2. The van der Waals surface area contributed by atoms with Gasteiger partial charge in [0.25, 0.3) is 5.91 Å². The van der Waals surface area contributed by atoms with Crippen LogP contribution in [0.2, 0.25) is 0 Å². The minimum absolute atomic E-state index is 0.275. The van der Waals surface area contributed by atoms with Gasteiger partial charge in [0.15, 0.2) is 11.5 Å². The molecule has 144 valence electrons. The van der Waals surface area contributed by atoms with E-state index >= 15 is 0 Å². The van der Waals surface area contributed by atoms with Gasteiger partial charge in [0, 0.05) is 23.3 Å². The molecular weight excluding hydrogens is 380 g/mol. The molecule has 0 unspecified atom stereocenters. The lowest BCUT2D eigenvalue weighted by atomic mass is 10.0. The molecule has 7 nitrogen and oxygen atoms in total. The number of aromatic nitrogens is 1. The number of esters is 1. The number of methoxy groups -OCH3 is 3. The van der Waals surface area contributed by atoms with Crippen molar-refractivity contribution in [3.05, 3.63) is 59.2 Å². The number of ether oxygens (including phenoxy) is 3. The van der Waals surface area contributed by atoms with Crippen molar-refractivity contribution < 1.29 is 23.8 Å². The molecule has 28 heavy (non-hydrogen) atoms. The van der Waals surface area contributed by atoms with Crippen LogP contribution < -0.4 is 14.8 Å². The van der Waals surface area contributed by atoms with Crippen LogP contribution in [0.15, 0.2) is 48.1 Å². The van der Waals surface area contributed by atoms with Gasteiger partial charge in [0.1, 0.15) is 10.6 Å². The molecule has 1 N–H and O–H groups in total. The van der Waals surface area contributed by atoms with E-state index in [0.29, 0.717) is 27.6 Å². The van der Waals surface area contributed by atoms with Crippen molar-refractivity contribution in [1.82, 2.24) is 4.98 Å². The fourth-order valence-corrected chi connectivity index (χ4v) is 3.60. The van der Waals surface area contributed by atoms with E-state index < -0.39 is 5.97 Å². The first-order valence-electron chi connectivity index (χ1n) is 8.22. The second-order valence-electron chi connectivity index (χ2n) is 5.61. The number of hydrogen-bond acceptors (Lipinski definition) is 7. The molecule has 0 saturated carbocycles. The van der Waals surface area contributed by atoms with Crippen molar-refractivity contribution >= 4 is 28.2 Å². The second-order valence-corrected chi connectivity index (χ2v) is 6.49. The summed E-state index contributed by atoms with van der Waals surface area (Å²) in [5, 5.41) is 4.94. The maximum Gasteiger partial charge on any atom is 0.341 e. The smallest absolute Gasteiger partial charge is 0.341 e. The fraction of sp³-hybridized carbons (Fsp3) is 0.150. The number of benzene rings is 1. The number of thiophene rings is 1. The minimum Gasteiger partial charge on any atom is -0.493 e. The Morgan fingerprint density at radius 2 is 1.86 bits per heavy atom. The number of hydrogen-bond donors (Lipinski definition) is 1. The van der Waals surface area contributed by atoms with Crippen LogP contribution in [0, 0.1) is 0 Å². The molecule has 3 aromatic rings. The summed E-state index contributed by atoms with van der Waals surface area (Å²) in [6, 6.07) is 8.63. The van der Waals surface area contributed by atoms with Gasteiger partial charge in [-0.2, -0.15) is 0 Å². The zero-order valence-electron chi connectivity index (χ0n) is 15.5. The largest absolute Gasteiger partial charge is 0.493 e. The van der Waals surface area contributed by atoms with E-state index in [1.54, 1.807) is 43.0 Å². The Balaban J connectivity index is 2.02. The lowest BCUT2D eigenvalue weighted by molar-refractivity contribution is 0.0603. The van der Waals surface area contributed by atoms with Crippen LogP contribution in [-0.4, -0.2) is 38.2 Å². The van der Waals surface area contributed by atoms with Crippen molar-refractivity contribution in [1.29, 1.82) is 0 Å². The molecule has 0 saturated heterocycles. The molecule has 1 aromatic carbocycles. The van der Waals surface area contributed by atoms with Crippen molar-refractivity contribution in [2.45, 2.75) is 0 Å². The van der Waals surface area contributed by atoms with Crippen molar-refractivity contribution in [2.24, 2.45) is 0 Å². The van der Waals surface area contributed by atoms with E-state index in [1.807, 2.05) is 6.07 Å². The van der Waals surface area contributed by atoms with Gasteiger partial charge in [0.05, 0.1) is 26.9 Å². The van der Waals surface area contributed by atoms with E-state index in [2.05, 4.69) is 10.3 Å². The Kier molecular flexibility index (Phi) is 5.90. The Hall–Kier alpha value is -3.39. The Morgan fingerprint density at radius 1 is 1.07 bits per heavy atom. The van der Waals surface area contributed by atoms with E-state index in [9.17, 15) is 9.59 Å². The van der Waals surface area contributed by atoms with E-state index in [-0.39, 0.29) is 11.5 Å². The van der Waals surface area contributed by atoms with Gasteiger partial charge in [-0.15, -0.1) is 11.3 Å². The summed E-state index contributed by atoms with van der Waals surface area (Å²) in [6.07, 6.45) is 3.03. The zero-order chi connectivity index (χ0) is 20.1. The van der Waals surface area contributed by atoms with Crippen LogP contribution in [0.5, 0.6) is 11.5 Å². The summed E-state index contributed by atoms with van der Waals surface area (Å²) in [6.45, 7) is 0. The third-order valence-corrected chi connectivity index (χ3v) is 4.92. The number of pyridine rings is 1. The number of nitrogens with one attached hydrogen (secondary N) is 1. The highest BCUT2D eigenvalue weighted by Crippen LogP contribution is 2.39. The lowest BCUT2D eigenvalue weighted by Gasteiger charge is -2.11. The molecule has 2 heterocycles. The molecule has 0 fully saturated rings. The van der Waals surface area contributed by atoms with Crippen LogP contribution in [0.3, 0.4) is 0 Å². The summed E-state index contributed by atoms with van der Waals surface area (Å²) >= 11 is 1.24. The average molecular weight is 398 g/mol. The molecule has 0 spiro atoms. The van der Waals surface area contributed by atoms with Crippen LogP contribution >= 0.6 is 11.3 Å². The SMILES string of the molecule is COC(=O)c1c(-c2ccc(OC)c(OC)c2)csc1NC(=O)c1cccnc1. The number of rotatable bonds is 6. The monoisotopic (exact) mass is 398 g/mol. The van der Waals surface area contributed by atoms with Crippen LogP contribution in [-0.2, 0) is 4.74 Å². The number of carbonyl (C=O) groups is 2. The fourth-order valence-electron chi connectivity index (χ4n) is 2.64. The number of anilines is 1. The highest BCUT2D eigenvalue weighted by atomic mass is 32.1. The highest BCUT2D eigenvalue weighted by Gasteiger charge is 2.23. The Labute approximate surface area is 165 Å². The third-order valence-electron chi connectivity index (χ3n) is 4.03. The predicted octanol–water partition coefficient (Wildman–Crippen LogP) is 3.87. The van der Waals surface area contributed by atoms with Gasteiger partial charge in [-0.3, -0.25) is 9.78 Å². The predicted molar refractivity (Wildman–Crippen MR) is 106 cm³/mol. The van der Waals surface area contributed by atoms with E-state index in [4.69, 9.17) is 14.2 Å². The first-order valence-corrected chi connectivity index (χ1v) is 9.10. The maximum absolute atomic E-state index is 12.5. The molecule has 8 heteroatoms. The highest BCUT2D eigenvalue weighted by molar-refractivity contribution is 7.15. The van der Waals surface area contributed by atoms with Crippen LogP contribution in [0.25, 0.3) is 11.1 Å². The third kappa shape index (κ3) is 3.81. The van der Waals surface area contributed by atoms with Gasteiger partial charge in [-0.1, -0.05) is 6.07 Å². The number of nitrogens with zero attached hydrogens (tertiary/aromatic N) is 1. The number of amides is 1.